The van der Waals surface area contributed by atoms with E-state index in [0.29, 0.717) is 5.82 Å². The second kappa shape index (κ2) is 5.32. The summed E-state index contributed by atoms with van der Waals surface area (Å²) in [6.07, 6.45) is 3.61. The number of aromatic nitrogens is 2. The van der Waals surface area contributed by atoms with E-state index < -0.39 is 0 Å². The third kappa shape index (κ3) is 3.07. The van der Waals surface area contributed by atoms with Gasteiger partial charge in [0.15, 0.2) is 0 Å². The van der Waals surface area contributed by atoms with Crippen LogP contribution in [0.25, 0.3) is 11.0 Å². The van der Waals surface area contributed by atoms with Crippen molar-refractivity contribution >= 4 is 11.0 Å². The molecule has 1 heterocycles. The minimum atomic E-state index is -0.0304. The van der Waals surface area contributed by atoms with Crippen molar-refractivity contribution in [1.82, 2.24) is 9.97 Å². The largest absolute Gasteiger partial charge is 0.388 e. The summed E-state index contributed by atoms with van der Waals surface area (Å²) >= 11 is 0. The lowest BCUT2D eigenvalue weighted by Gasteiger charge is -2.04. The molecule has 2 aromatic rings. The van der Waals surface area contributed by atoms with Crippen molar-refractivity contribution in [2.75, 3.05) is 0 Å². The molecule has 3 heteroatoms. The molecule has 0 fully saturated rings. The zero-order valence-corrected chi connectivity index (χ0v) is 10.5. The smallest absolute Gasteiger partial charge is 0.133 e. The van der Waals surface area contributed by atoms with E-state index in [-0.39, 0.29) is 6.61 Å². The molecule has 1 aromatic carbocycles. The number of rotatable bonds is 5. The summed E-state index contributed by atoms with van der Waals surface area (Å²) in [5.41, 5.74) is 3.30. The van der Waals surface area contributed by atoms with Crippen LogP contribution in [0.15, 0.2) is 18.2 Å². The van der Waals surface area contributed by atoms with Crippen LogP contribution < -0.4 is 0 Å². The van der Waals surface area contributed by atoms with E-state index in [9.17, 15) is 0 Å². The number of nitrogens with one attached hydrogen (secondary N) is 1. The Kier molecular flexibility index (Phi) is 3.79. The summed E-state index contributed by atoms with van der Waals surface area (Å²) in [7, 11) is 0. The number of aryl methyl sites for hydroxylation is 1. The first-order valence-electron chi connectivity index (χ1n) is 6.27. The van der Waals surface area contributed by atoms with Gasteiger partial charge in [0, 0.05) is 0 Å². The van der Waals surface area contributed by atoms with E-state index >= 15 is 0 Å². The first-order valence-corrected chi connectivity index (χ1v) is 6.27. The maximum Gasteiger partial charge on any atom is 0.133 e. The number of imidazole rings is 1. The first kappa shape index (κ1) is 12.1. The first-order chi connectivity index (χ1) is 8.19. The Morgan fingerprint density at radius 1 is 1.35 bits per heavy atom. The van der Waals surface area contributed by atoms with Crippen molar-refractivity contribution in [3.8, 4) is 0 Å². The van der Waals surface area contributed by atoms with E-state index in [1.807, 2.05) is 6.07 Å². The molecule has 0 radical (unpaired) electrons. The minimum absolute atomic E-state index is 0.0304. The van der Waals surface area contributed by atoms with Gasteiger partial charge in [0.1, 0.15) is 12.4 Å². The minimum Gasteiger partial charge on any atom is -0.388 e. The van der Waals surface area contributed by atoms with Crippen LogP contribution in [0, 0.1) is 5.92 Å². The molecular weight excluding hydrogens is 212 g/mol. The van der Waals surface area contributed by atoms with Crippen molar-refractivity contribution in [2.45, 2.75) is 39.7 Å². The van der Waals surface area contributed by atoms with Gasteiger partial charge in [-0.3, -0.25) is 0 Å². The number of hydrogen-bond donors (Lipinski definition) is 2. The van der Waals surface area contributed by atoms with Gasteiger partial charge in [-0.15, -0.1) is 0 Å². The van der Waals surface area contributed by atoms with Gasteiger partial charge >= 0.3 is 0 Å². The van der Waals surface area contributed by atoms with E-state index in [1.165, 1.54) is 18.4 Å². The van der Waals surface area contributed by atoms with Gasteiger partial charge < -0.3 is 10.1 Å². The monoisotopic (exact) mass is 232 g/mol. The molecule has 0 saturated carbocycles. The molecule has 17 heavy (non-hydrogen) atoms. The van der Waals surface area contributed by atoms with E-state index in [0.717, 1.165) is 23.4 Å². The van der Waals surface area contributed by atoms with Crippen LogP contribution in [0.5, 0.6) is 0 Å². The van der Waals surface area contributed by atoms with E-state index in [4.69, 9.17) is 5.11 Å². The zero-order chi connectivity index (χ0) is 12.3. The van der Waals surface area contributed by atoms with Crippen molar-refractivity contribution in [1.29, 1.82) is 0 Å². The van der Waals surface area contributed by atoms with Crippen LogP contribution in [0.3, 0.4) is 0 Å². The van der Waals surface area contributed by atoms with Crippen LogP contribution in [0.2, 0.25) is 0 Å². The SMILES string of the molecule is CC(C)CCCc1ccc2nc(CO)[nH]c2c1. The molecule has 0 aliphatic carbocycles. The molecule has 0 aliphatic rings. The topological polar surface area (TPSA) is 48.9 Å². The Balaban J connectivity index is 2.08. The predicted molar refractivity (Wildman–Crippen MR) is 69.8 cm³/mol. The van der Waals surface area contributed by atoms with E-state index in [1.54, 1.807) is 0 Å². The number of benzene rings is 1. The molecule has 0 spiro atoms. The Morgan fingerprint density at radius 3 is 2.88 bits per heavy atom. The lowest BCUT2D eigenvalue weighted by molar-refractivity contribution is 0.273. The summed E-state index contributed by atoms with van der Waals surface area (Å²) in [6, 6.07) is 6.29. The molecule has 0 saturated heterocycles. The summed E-state index contributed by atoms with van der Waals surface area (Å²) in [5, 5.41) is 9.02. The van der Waals surface area contributed by atoms with Crippen molar-refractivity contribution in [3.05, 3.63) is 29.6 Å². The molecule has 2 rings (SSSR count). The standard InChI is InChI=1S/C14H20N2O/c1-10(2)4-3-5-11-6-7-12-13(8-11)16-14(9-17)15-12/h6-8,10,17H,3-5,9H2,1-2H3,(H,15,16). The van der Waals surface area contributed by atoms with Gasteiger partial charge in [-0.25, -0.2) is 4.98 Å². The number of aliphatic hydroxyl groups is 1. The average Bonchev–Trinajstić information content (AvgIpc) is 2.70. The van der Waals surface area contributed by atoms with Crippen molar-refractivity contribution < 1.29 is 5.11 Å². The maximum atomic E-state index is 9.02. The number of hydrogen-bond acceptors (Lipinski definition) is 2. The lowest BCUT2D eigenvalue weighted by Crippen LogP contribution is -1.90. The summed E-state index contributed by atoms with van der Waals surface area (Å²) in [4.78, 5) is 7.40. The van der Waals surface area contributed by atoms with Gasteiger partial charge in [-0.1, -0.05) is 26.3 Å². The second-order valence-corrected chi connectivity index (χ2v) is 4.98. The highest BCUT2D eigenvalue weighted by Crippen LogP contribution is 2.16. The fraction of sp³-hybridized carbons (Fsp3) is 0.500. The summed E-state index contributed by atoms with van der Waals surface area (Å²) in [5.74, 6) is 1.41. The van der Waals surface area contributed by atoms with Crippen LogP contribution >= 0.6 is 0 Å². The van der Waals surface area contributed by atoms with Crippen LogP contribution in [-0.2, 0) is 13.0 Å². The van der Waals surface area contributed by atoms with Gasteiger partial charge in [-0.05, 0) is 36.5 Å². The molecule has 0 amide bonds. The molecule has 3 nitrogen and oxygen atoms in total. The molecule has 0 unspecified atom stereocenters. The summed E-state index contributed by atoms with van der Waals surface area (Å²) < 4.78 is 0. The molecule has 1 aromatic heterocycles. The van der Waals surface area contributed by atoms with Crippen LogP contribution in [0.4, 0.5) is 0 Å². The Morgan fingerprint density at radius 2 is 2.18 bits per heavy atom. The van der Waals surface area contributed by atoms with Crippen LogP contribution in [0.1, 0.15) is 38.1 Å². The number of aromatic amines is 1. The summed E-state index contributed by atoms with van der Waals surface area (Å²) in [6.45, 7) is 4.48. The zero-order valence-electron chi connectivity index (χ0n) is 10.5. The predicted octanol–water partition coefficient (Wildman–Crippen LogP) is 3.03. The van der Waals surface area contributed by atoms with E-state index in [2.05, 4.69) is 35.9 Å². The number of H-pyrrole nitrogens is 1. The third-order valence-electron chi connectivity index (χ3n) is 2.99. The molecule has 0 atom stereocenters. The van der Waals surface area contributed by atoms with Crippen LogP contribution in [-0.4, -0.2) is 15.1 Å². The molecule has 92 valence electrons. The highest BCUT2D eigenvalue weighted by atomic mass is 16.3. The molecule has 2 N–H and O–H groups in total. The molecule has 0 aliphatic heterocycles. The maximum absolute atomic E-state index is 9.02. The Bertz CT molecular complexity index is 488. The van der Waals surface area contributed by atoms with Gasteiger partial charge in [-0.2, -0.15) is 0 Å². The fourth-order valence-corrected chi connectivity index (χ4v) is 2.05. The highest BCUT2D eigenvalue weighted by Gasteiger charge is 2.03. The Labute approximate surface area is 102 Å². The third-order valence-corrected chi connectivity index (χ3v) is 2.99. The average molecular weight is 232 g/mol. The van der Waals surface area contributed by atoms with Gasteiger partial charge in [0.2, 0.25) is 0 Å². The van der Waals surface area contributed by atoms with Gasteiger partial charge in [0.25, 0.3) is 0 Å². The highest BCUT2D eigenvalue weighted by molar-refractivity contribution is 5.75. The molecular formula is C14H20N2O. The number of aliphatic hydroxyl groups excluding tert-OH is 1. The number of fused-ring (bicyclic) bond motifs is 1. The van der Waals surface area contributed by atoms with Crippen molar-refractivity contribution in [2.24, 2.45) is 5.92 Å². The number of nitrogens with zero attached hydrogens (tertiary/aromatic N) is 1. The normalized spacial score (nSPS) is 11.5. The molecule has 0 bridgehead atoms. The van der Waals surface area contributed by atoms with Gasteiger partial charge in [0.05, 0.1) is 11.0 Å². The lowest BCUT2D eigenvalue weighted by atomic mass is 10.0. The van der Waals surface area contributed by atoms with Crippen molar-refractivity contribution in [3.63, 3.8) is 0 Å². The quantitative estimate of drug-likeness (QED) is 0.832. The second-order valence-electron chi connectivity index (χ2n) is 4.98. The Hall–Kier alpha value is -1.35. The fourth-order valence-electron chi connectivity index (χ4n) is 2.05.